The van der Waals surface area contributed by atoms with Crippen molar-refractivity contribution in [1.29, 1.82) is 0 Å². The van der Waals surface area contributed by atoms with Crippen molar-refractivity contribution in [3.05, 3.63) is 125 Å². The fourth-order valence-electron chi connectivity index (χ4n) is 5.18. The zero-order chi connectivity index (χ0) is 34.0. The minimum Gasteiger partial charge on any atom is -0.496 e. The highest BCUT2D eigenvalue weighted by molar-refractivity contribution is 5.94. The van der Waals surface area contributed by atoms with Gasteiger partial charge in [-0.2, -0.15) is 0 Å². The molecule has 0 bridgehead atoms. The predicted molar refractivity (Wildman–Crippen MR) is 189 cm³/mol. The molecule has 0 fully saturated rings. The van der Waals surface area contributed by atoms with Crippen molar-refractivity contribution in [3.8, 4) is 34.3 Å². The zero-order valence-electron chi connectivity index (χ0n) is 27.7. The van der Waals surface area contributed by atoms with Crippen molar-refractivity contribution in [2.45, 2.75) is 13.8 Å². The molecule has 1 aromatic heterocycles. The molecule has 48 heavy (non-hydrogen) atoms. The van der Waals surface area contributed by atoms with Crippen molar-refractivity contribution in [2.75, 3.05) is 34.9 Å². The van der Waals surface area contributed by atoms with Crippen LogP contribution in [-0.2, 0) is 9.47 Å². The van der Waals surface area contributed by atoms with E-state index in [1.807, 2.05) is 74.5 Å². The van der Waals surface area contributed by atoms with E-state index in [0.29, 0.717) is 56.6 Å². The Morgan fingerprint density at radius 2 is 1.40 bits per heavy atom. The van der Waals surface area contributed by atoms with Crippen LogP contribution in [0.4, 0.5) is 0 Å². The minimum absolute atomic E-state index is 0.00825. The molecule has 0 aliphatic carbocycles. The molecule has 0 aliphatic heterocycles. The van der Waals surface area contributed by atoms with Gasteiger partial charge in [0, 0.05) is 36.8 Å². The highest BCUT2D eigenvalue weighted by Gasteiger charge is 2.22. The number of carbonyl (C=O) groups excluding carboxylic acids is 1. The molecule has 8 heteroatoms. The third-order valence-corrected chi connectivity index (χ3v) is 7.45. The Morgan fingerprint density at radius 1 is 0.729 bits per heavy atom. The molecule has 0 amide bonds. The van der Waals surface area contributed by atoms with E-state index in [4.69, 9.17) is 32.8 Å². The number of allylic oxidation sites excluding steroid dienone is 2. The molecule has 5 rings (SSSR count). The summed E-state index contributed by atoms with van der Waals surface area (Å²) in [6, 6.07) is 23.9. The van der Waals surface area contributed by atoms with Gasteiger partial charge in [-0.1, -0.05) is 43.0 Å². The normalized spacial score (nSPS) is 11.4. The summed E-state index contributed by atoms with van der Waals surface area (Å²) in [6.07, 6.45) is 7.92. The second kappa shape index (κ2) is 15.8. The number of methoxy groups -OCH3 is 3. The standard InChI is InChI=1S/C40H38O8/c1-7-9-27-11-17-35-30(19-27)21-39(47-35)34-22-33(38(46-25-43-5)23-37(34)44-6)26(3)32-20-28(10-8-2)12-18-36(32)48-40(41)29-13-15-31(16-14-29)45-24-42-4/h7-23H,3,24-25H2,1-2,4-6H3/b9-7+,10-8+. The van der Waals surface area contributed by atoms with Crippen LogP contribution in [0.1, 0.15) is 46.5 Å². The molecule has 0 spiro atoms. The van der Waals surface area contributed by atoms with Crippen LogP contribution >= 0.6 is 0 Å². The molecule has 0 radical (unpaired) electrons. The van der Waals surface area contributed by atoms with Crippen LogP contribution in [0.25, 0.3) is 40.0 Å². The van der Waals surface area contributed by atoms with Crippen molar-refractivity contribution in [3.63, 3.8) is 0 Å². The monoisotopic (exact) mass is 646 g/mol. The zero-order valence-corrected chi connectivity index (χ0v) is 27.7. The molecule has 0 aliphatic rings. The number of furan rings is 1. The maximum absolute atomic E-state index is 13.3. The van der Waals surface area contributed by atoms with Crippen LogP contribution in [0, 0.1) is 0 Å². The van der Waals surface area contributed by atoms with Crippen LogP contribution in [-0.4, -0.2) is 40.9 Å². The van der Waals surface area contributed by atoms with Crippen LogP contribution in [0.2, 0.25) is 0 Å². The molecule has 5 aromatic rings. The number of rotatable bonds is 14. The SMILES string of the molecule is C=C(c1cc(-c2cc3cc(/C=C/C)ccc3o2)c(OC)cc1OCOC)c1cc(/C=C/C)ccc1OC(=O)c1ccc(OCOC)cc1. The van der Waals surface area contributed by atoms with Crippen LogP contribution in [0.15, 0.2) is 102 Å². The van der Waals surface area contributed by atoms with E-state index in [0.717, 1.165) is 22.1 Å². The summed E-state index contributed by atoms with van der Waals surface area (Å²) in [5, 5.41) is 0.953. The number of benzene rings is 4. The number of hydrogen-bond acceptors (Lipinski definition) is 8. The largest absolute Gasteiger partial charge is 0.496 e. The first kappa shape index (κ1) is 33.8. The van der Waals surface area contributed by atoms with Gasteiger partial charge in [0.1, 0.15) is 34.3 Å². The molecule has 0 atom stereocenters. The molecule has 246 valence electrons. The highest BCUT2D eigenvalue weighted by atomic mass is 16.7. The quantitative estimate of drug-likeness (QED) is 0.0670. The number of fused-ring (bicyclic) bond motifs is 1. The van der Waals surface area contributed by atoms with Gasteiger partial charge in [-0.05, 0) is 91.2 Å². The second-order valence-corrected chi connectivity index (χ2v) is 10.7. The van der Waals surface area contributed by atoms with Gasteiger partial charge < -0.3 is 32.8 Å². The average molecular weight is 647 g/mol. The van der Waals surface area contributed by atoms with Gasteiger partial charge in [-0.15, -0.1) is 0 Å². The summed E-state index contributed by atoms with van der Waals surface area (Å²) in [6.45, 7) is 8.48. The molecule has 0 N–H and O–H groups in total. The summed E-state index contributed by atoms with van der Waals surface area (Å²) < 4.78 is 39.7. The van der Waals surface area contributed by atoms with Crippen LogP contribution < -0.4 is 18.9 Å². The van der Waals surface area contributed by atoms with Crippen LogP contribution in [0.3, 0.4) is 0 Å². The second-order valence-electron chi connectivity index (χ2n) is 10.7. The molecule has 0 saturated heterocycles. The van der Waals surface area contributed by atoms with Gasteiger partial charge in [-0.3, -0.25) is 0 Å². The number of hydrogen-bond donors (Lipinski definition) is 0. The minimum atomic E-state index is -0.535. The Bertz CT molecular complexity index is 1960. The lowest BCUT2D eigenvalue weighted by Gasteiger charge is -2.19. The fourth-order valence-corrected chi connectivity index (χ4v) is 5.18. The van der Waals surface area contributed by atoms with Gasteiger partial charge in [-0.25, -0.2) is 4.79 Å². The van der Waals surface area contributed by atoms with Crippen molar-refractivity contribution in [1.82, 2.24) is 0 Å². The van der Waals surface area contributed by atoms with E-state index in [1.54, 1.807) is 50.6 Å². The predicted octanol–water partition coefficient (Wildman–Crippen LogP) is 9.42. The lowest BCUT2D eigenvalue weighted by molar-refractivity contribution is 0.0507. The Labute approximate surface area is 280 Å². The molecular formula is C40H38O8. The molecule has 0 unspecified atom stereocenters. The fraction of sp³-hybridized carbons (Fsp3) is 0.175. The van der Waals surface area contributed by atoms with E-state index in [-0.39, 0.29) is 13.6 Å². The Balaban J connectivity index is 1.58. The van der Waals surface area contributed by atoms with Crippen molar-refractivity contribution >= 4 is 34.7 Å². The molecule has 8 nitrogen and oxygen atoms in total. The first-order valence-corrected chi connectivity index (χ1v) is 15.3. The smallest absolute Gasteiger partial charge is 0.343 e. The lowest BCUT2D eigenvalue weighted by atomic mass is 9.93. The summed E-state index contributed by atoms with van der Waals surface area (Å²) >= 11 is 0. The highest BCUT2D eigenvalue weighted by Crippen LogP contribution is 2.43. The van der Waals surface area contributed by atoms with E-state index in [2.05, 4.69) is 12.6 Å². The van der Waals surface area contributed by atoms with Crippen LogP contribution in [0.5, 0.6) is 23.0 Å². The number of ether oxygens (including phenoxy) is 6. The summed E-state index contributed by atoms with van der Waals surface area (Å²) in [4.78, 5) is 13.3. The van der Waals surface area contributed by atoms with Crippen molar-refractivity contribution in [2.24, 2.45) is 0 Å². The van der Waals surface area contributed by atoms with Gasteiger partial charge in [0.05, 0.1) is 18.2 Å². The first-order chi connectivity index (χ1) is 23.4. The number of carbonyl (C=O) groups is 1. The summed E-state index contributed by atoms with van der Waals surface area (Å²) in [5.41, 5.74) is 5.54. The van der Waals surface area contributed by atoms with E-state index in [1.165, 1.54) is 7.11 Å². The van der Waals surface area contributed by atoms with E-state index in [9.17, 15) is 4.79 Å². The van der Waals surface area contributed by atoms with Gasteiger partial charge >= 0.3 is 5.97 Å². The molecule has 1 heterocycles. The number of esters is 1. The first-order valence-electron chi connectivity index (χ1n) is 15.3. The maximum atomic E-state index is 13.3. The average Bonchev–Trinajstić information content (AvgIpc) is 3.53. The summed E-state index contributed by atoms with van der Waals surface area (Å²) in [7, 11) is 4.68. The maximum Gasteiger partial charge on any atom is 0.343 e. The van der Waals surface area contributed by atoms with Crippen molar-refractivity contribution < 1.29 is 37.6 Å². The topological polar surface area (TPSA) is 85.6 Å². The van der Waals surface area contributed by atoms with Gasteiger partial charge in [0.2, 0.25) is 0 Å². The molecule has 4 aromatic carbocycles. The Morgan fingerprint density at radius 3 is 2.08 bits per heavy atom. The van der Waals surface area contributed by atoms with Gasteiger partial charge in [0.25, 0.3) is 0 Å². The van der Waals surface area contributed by atoms with E-state index >= 15 is 0 Å². The van der Waals surface area contributed by atoms with Gasteiger partial charge in [0.15, 0.2) is 13.6 Å². The molecule has 0 saturated carbocycles. The Kier molecular flexibility index (Phi) is 11.1. The third kappa shape index (κ3) is 7.69. The van der Waals surface area contributed by atoms with E-state index < -0.39 is 5.97 Å². The molecular weight excluding hydrogens is 608 g/mol. The lowest BCUT2D eigenvalue weighted by Crippen LogP contribution is -2.10. The Hall–Kier alpha value is -5.57. The third-order valence-electron chi connectivity index (χ3n) is 7.45. The summed E-state index contributed by atoms with van der Waals surface area (Å²) in [5.74, 6) is 1.98.